The van der Waals surface area contributed by atoms with Crippen LogP contribution in [0.3, 0.4) is 0 Å². The Labute approximate surface area is 111 Å². The van der Waals surface area contributed by atoms with Gasteiger partial charge in [-0.2, -0.15) is 0 Å². The lowest BCUT2D eigenvalue weighted by Gasteiger charge is -2.06. The quantitative estimate of drug-likeness (QED) is 0.518. The molecule has 0 saturated carbocycles. The van der Waals surface area contributed by atoms with E-state index in [4.69, 9.17) is 14.9 Å². The SMILES string of the molecule is NCC(=O)NCC(=O)NCCCOCc1ccco1. The van der Waals surface area contributed by atoms with Crippen molar-refractivity contribution >= 4 is 11.8 Å². The van der Waals surface area contributed by atoms with E-state index in [9.17, 15) is 9.59 Å². The van der Waals surface area contributed by atoms with Gasteiger partial charge in [0.1, 0.15) is 12.4 Å². The summed E-state index contributed by atoms with van der Waals surface area (Å²) in [7, 11) is 0. The molecule has 0 aliphatic heterocycles. The molecule has 0 fully saturated rings. The molecule has 0 radical (unpaired) electrons. The number of carbonyl (C=O) groups is 2. The molecule has 0 spiro atoms. The van der Waals surface area contributed by atoms with Crippen molar-refractivity contribution in [2.45, 2.75) is 13.0 Å². The third-order valence-electron chi connectivity index (χ3n) is 2.24. The number of nitrogens with two attached hydrogens (primary N) is 1. The van der Waals surface area contributed by atoms with Gasteiger partial charge in [0, 0.05) is 13.2 Å². The Bertz CT molecular complexity index is 378. The van der Waals surface area contributed by atoms with Crippen LogP contribution in [0.15, 0.2) is 22.8 Å². The van der Waals surface area contributed by atoms with Crippen LogP contribution < -0.4 is 16.4 Å². The maximum atomic E-state index is 11.3. The Balaban J connectivity index is 1.92. The Kier molecular flexibility index (Phi) is 7.30. The van der Waals surface area contributed by atoms with Gasteiger partial charge >= 0.3 is 0 Å². The lowest BCUT2D eigenvalue weighted by Crippen LogP contribution is -2.39. The Morgan fingerprint density at radius 2 is 2.16 bits per heavy atom. The first-order valence-electron chi connectivity index (χ1n) is 6.06. The summed E-state index contributed by atoms with van der Waals surface area (Å²) in [5.74, 6) is 0.179. The highest BCUT2D eigenvalue weighted by molar-refractivity contribution is 5.85. The van der Waals surface area contributed by atoms with Crippen molar-refractivity contribution in [1.82, 2.24) is 10.6 Å². The van der Waals surface area contributed by atoms with Crippen LogP contribution in [-0.2, 0) is 20.9 Å². The predicted molar refractivity (Wildman–Crippen MR) is 68.1 cm³/mol. The third-order valence-corrected chi connectivity index (χ3v) is 2.24. The molecule has 0 saturated heterocycles. The van der Waals surface area contributed by atoms with Crippen molar-refractivity contribution in [1.29, 1.82) is 0 Å². The van der Waals surface area contributed by atoms with Gasteiger partial charge < -0.3 is 25.5 Å². The zero-order valence-electron chi connectivity index (χ0n) is 10.7. The first-order chi connectivity index (χ1) is 9.22. The minimum absolute atomic E-state index is 0.0523. The molecule has 1 aromatic rings. The average molecular weight is 269 g/mol. The molecular formula is C12H19N3O4. The number of furan rings is 1. The van der Waals surface area contributed by atoms with Gasteiger partial charge in [-0.25, -0.2) is 0 Å². The van der Waals surface area contributed by atoms with Crippen LogP contribution in [-0.4, -0.2) is 38.1 Å². The van der Waals surface area contributed by atoms with Crippen molar-refractivity contribution in [3.05, 3.63) is 24.2 Å². The van der Waals surface area contributed by atoms with Gasteiger partial charge in [-0.15, -0.1) is 0 Å². The third kappa shape index (κ3) is 7.22. The lowest BCUT2D eigenvalue weighted by atomic mass is 10.4. The fourth-order valence-electron chi connectivity index (χ4n) is 1.28. The summed E-state index contributed by atoms with van der Waals surface area (Å²) in [6, 6.07) is 3.64. The molecule has 106 valence electrons. The molecular weight excluding hydrogens is 250 g/mol. The highest BCUT2D eigenvalue weighted by Gasteiger charge is 2.02. The van der Waals surface area contributed by atoms with Gasteiger partial charge in [-0.05, 0) is 18.6 Å². The second-order valence-corrected chi connectivity index (χ2v) is 3.82. The fourth-order valence-corrected chi connectivity index (χ4v) is 1.28. The van der Waals surface area contributed by atoms with E-state index < -0.39 is 0 Å². The van der Waals surface area contributed by atoms with Gasteiger partial charge in [-0.3, -0.25) is 9.59 Å². The van der Waals surface area contributed by atoms with E-state index in [0.717, 1.165) is 5.76 Å². The summed E-state index contributed by atoms with van der Waals surface area (Å²) in [4.78, 5) is 22.1. The molecule has 0 unspecified atom stereocenters. The summed E-state index contributed by atoms with van der Waals surface area (Å²) < 4.78 is 10.4. The predicted octanol–water partition coefficient (Wildman–Crippen LogP) is -0.623. The summed E-state index contributed by atoms with van der Waals surface area (Å²) in [6.45, 7) is 1.27. The van der Waals surface area contributed by atoms with Crippen molar-refractivity contribution in [3.8, 4) is 0 Å². The van der Waals surface area contributed by atoms with Crippen LogP contribution in [0.2, 0.25) is 0 Å². The van der Waals surface area contributed by atoms with E-state index >= 15 is 0 Å². The standard InChI is InChI=1S/C12H19N3O4/c13-7-11(16)15-8-12(17)14-4-2-5-18-9-10-3-1-6-19-10/h1,3,6H,2,4-5,7-9,13H2,(H,14,17)(H,15,16). The minimum atomic E-state index is -0.350. The molecule has 1 heterocycles. The topological polar surface area (TPSA) is 107 Å². The minimum Gasteiger partial charge on any atom is -0.467 e. The molecule has 0 bridgehead atoms. The fraction of sp³-hybridized carbons (Fsp3) is 0.500. The van der Waals surface area contributed by atoms with E-state index in [1.807, 2.05) is 6.07 Å². The zero-order chi connectivity index (χ0) is 13.9. The van der Waals surface area contributed by atoms with Crippen LogP contribution in [0.5, 0.6) is 0 Å². The summed E-state index contributed by atoms with van der Waals surface area (Å²) >= 11 is 0. The van der Waals surface area contributed by atoms with E-state index in [0.29, 0.717) is 26.2 Å². The van der Waals surface area contributed by atoms with Gasteiger partial charge in [0.15, 0.2) is 0 Å². The van der Waals surface area contributed by atoms with Crippen LogP contribution in [0, 0.1) is 0 Å². The van der Waals surface area contributed by atoms with E-state index in [2.05, 4.69) is 10.6 Å². The zero-order valence-corrected chi connectivity index (χ0v) is 10.7. The summed E-state index contributed by atoms with van der Waals surface area (Å²) in [5, 5.41) is 5.04. The van der Waals surface area contributed by atoms with Gasteiger partial charge in [0.2, 0.25) is 11.8 Å². The van der Waals surface area contributed by atoms with Gasteiger partial charge in [-0.1, -0.05) is 0 Å². The van der Waals surface area contributed by atoms with Crippen molar-refractivity contribution in [2.75, 3.05) is 26.2 Å². The number of nitrogens with one attached hydrogen (secondary N) is 2. The summed E-state index contributed by atoms with van der Waals surface area (Å²) in [6.07, 6.45) is 2.28. The highest BCUT2D eigenvalue weighted by atomic mass is 16.5. The van der Waals surface area contributed by atoms with Crippen LogP contribution in [0.1, 0.15) is 12.2 Å². The second kappa shape index (κ2) is 9.12. The molecule has 19 heavy (non-hydrogen) atoms. The first kappa shape index (κ1) is 15.2. The number of carbonyl (C=O) groups excluding carboxylic acids is 2. The number of hydrogen-bond donors (Lipinski definition) is 3. The number of amides is 2. The van der Waals surface area contributed by atoms with Crippen LogP contribution in [0.4, 0.5) is 0 Å². The van der Waals surface area contributed by atoms with Crippen LogP contribution >= 0.6 is 0 Å². The number of ether oxygens (including phenoxy) is 1. The molecule has 1 rings (SSSR count). The molecule has 0 aliphatic rings. The molecule has 1 aromatic heterocycles. The normalized spacial score (nSPS) is 10.2. The van der Waals surface area contributed by atoms with E-state index in [1.54, 1.807) is 12.3 Å². The van der Waals surface area contributed by atoms with Crippen LogP contribution in [0.25, 0.3) is 0 Å². The molecule has 2 amide bonds. The molecule has 0 aliphatic carbocycles. The Morgan fingerprint density at radius 1 is 1.32 bits per heavy atom. The second-order valence-electron chi connectivity index (χ2n) is 3.82. The first-order valence-corrected chi connectivity index (χ1v) is 6.06. The average Bonchev–Trinajstić information content (AvgIpc) is 2.93. The van der Waals surface area contributed by atoms with Crippen molar-refractivity contribution in [3.63, 3.8) is 0 Å². The maximum Gasteiger partial charge on any atom is 0.239 e. The van der Waals surface area contributed by atoms with Gasteiger partial charge in [0.25, 0.3) is 0 Å². The van der Waals surface area contributed by atoms with Gasteiger partial charge in [0.05, 0.1) is 19.4 Å². The number of hydrogen-bond acceptors (Lipinski definition) is 5. The van der Waals surface area contributed by atoms with E-state index in [-0.39, 0.29) is 24.9 Å². The lowest BCUT2D eigenvalue weighted by molar-refractivity contribution is -0.125. The highest BCUT2D eigenvalue weighted by Crippen LogP contribution is 2.01. The molecule has 0 aromatic carbocycles. The smallest absolute Gasteiger partial charge is 0.239 e. The molecule has 7 nitrogen and oxygen atoms in total. The van der Waals surface area contributed by atoms with E-state index in [1.165, 1.54) is 0 Å². The molecule has 0 atom stereocenters. The molecule has 7 heteroatoms. The maximum absolute atomic E-state index is 11.3. The number of rotatable bonds is 9. The summed E-state index contributed by atoms with van der Waals surface area (Å²) in [5.41, 5.74) is 5.09. The Hall–Kier alpha value is -1.86. The largest absolute Gasteiger partial charge is 0.467 e. The van der Waals surface area contributed by atoms with Crippen molar-refractivity contribution < 1.29 is 18.7 Å². The monoisotopic (exact) mass is 269 g/mol. The van der Waals surface area contributed by atoms with Crippen molar-refractivity contribution in [2.24, 2.45) is 5.73 Å². The Morgan fingerprint density at radius 3 is 2.84 bits per heavy atom. The molecule has 4 N–H and O–H groups in total.